The zero-order valence-electron chi connectivity index (χ0n) is 20.6. The van der Waals surface area contributed by atoms with E-state index in [4.69, 9.17) is 0 Å². The number of Topliss-reactive ketones (excluding diaryl/α,β-unsaturated/α-hetero) is 1. The highest BCUT2D eigenvalue weighted by Crippen LogP contribution is 2.67. The van der Waals surface area contributed by atoms with E-state index in [0.29, 0.717) is 24.7 Å². The van der Waals surface area contributed by atoms with Crippen molar-refractivity contribution >= 4 is 11.6 Å². The summed E-state index contributed by atoms with van der Waals surface area (Å²) in [5.74, 6) is 1.65. The summed E-state index contributed by atoms with van der Waals surface area (Å²) in [5, 5.41) is 21.3. The normalized spacial score (nSPS) is 36.6. The fourth-order valence-electron chi connectivity index (χ4n) is 7.98. The van der Waals surface area contributed by atoms with Crippen LogP contribution < -0.4 is 0 Å². The highest BCUT2D eigenvalue weighted by Gasteiger charge is 2.62. The minimum Gasteiger partial charge on any atom is -0.392 e. The standard InChI is InChI=1S/C31H36O4/c1-30-18-26(19-3-5-20(6-4-19)29(34)21-7-8-21)28-24-12-10-23(33)17-22(24)9-11-25(28)27(30)13-15-31(30,35)14-2-16-32/h2-6,14,17,21,25-27,32,35H,7-13,15-16,18H2,1H3. The van der Waals surface area contributed by atoms with Gasteiger partial charge in [-0.15, -0.1) is 0 Å². The Kier molecular flexibility index (Phi) is 5.54. The summed E-state index contributed by atoms with van der Waals surface area (Å²) in [7, 11) is 0. The number of ketones is 2. The number of rotatable bonds is 5. The number of fused-ring (bicyclic) bond motifs is 4. The van der Waals surface area contributed by atoms with Crippen LogP contribution in [0.2, 0.25) is 0 Å². The van der Waals surface area contributed by atoms with Gasteiger partial charge in [-0.1, -0.05) is 48.9 Å². The van der Waals surface area contributed by atoms with E-state index < -0.39 is 5.60 Å². The Balaban J connectivity index is 1.45. The number of hydrogen-bond donors (Lipinski definition) is 2. The topological polar surface area (TPSA) is 74.6 Å². The Bertz CT molecular complexity index is 1150. The lowest BCUT2D eigenvalue weighted by molar-refractivity contribution is -0.114. The molecule has 1 aromatic rings. The van der Waals surface area contributed by atoms with E-state index in [1.807, 2.05) is 24.3 Å². The summed E-state index contributed by atoms with van der Waals surface area (Å²) >= 11 is 0. The minimum absolute atomic E-state index is 0.0656. The summed E-state index contributed by atoms with van der Waals surface area (Å²) in [6.07, 6.45) is 13.3. The van der Waals surface area contributed by atoms with Gasteiger partial charge in [0.15, 0.2) is 11.6 Å². The largest absolute Gasteiger partial charge is 0.392 e. The first-order valence-corrected chi connectivity index (χ1v) is 13.5. The predicted molar refractivity (Wildman–Crippen MR) is 135 cm³/mol. The molecule has 1 aromatic carbocycles. The van der Waals surface area contributed by atoms with Crippen molar-refractivity contribution in [2.75, 3.05) is 6.61 Å². The van der Waals surface area contributed by atoms with Crippen LogP contribution in [0.4, 0.5) is 0 Å². The first-order chi connectivity index (χ1) is 16.8. The van der Waals surface area contributed by atoms with E-state index in [1.165, 1.54) is 22.3 Å². The van der Waals surface area contributed by atoms with Gasteiger partial charge in [0.2, 0.25) is 0 Å². The van der Waals surface area contributed by atoms with Crippen LogP contribution >= 0.6 is 0 Å². The van der Waals surface area contributed by atoms with Crippen molar-refractivity contribution in [1.82, 2.24) is 0 Å². The molecule has 0 spiro atoms. The molecule has 0 amide bonds. The van der Waals surface area contributed by atoms with Crippen LogP contribution in [0.5, 0.6) is 0 Å². The Morgan fingerprint density at radius 2 is 1.86 bits per heavy atom. The highest BCUT2D eigenvalue weighted by molar-refractivity contribution is 5.99. The molecule has 0 aliphatic heterocycles. The van der Waals surface area contributed by atoms with E-state index in [-0.39, 0.29) is 35.4 Å². The van der Waals surface area contributed by atoms with Crippen molar-refractivity contribution in [3.05, 3.63) is 70.3 Å². The molecule has 5 aliphatic carbocycles. The average molecular weight is 473 g/mol. The number of hydrogen-bond acceptors (Lipinski definition) is 4. The van der Waals surface area contributed by atoms with Crippen LogP contribution in [0.25, 0.3) is 0 Å². The maximum absolute atomic E-state index is 12.6. The van der Waals surface area contributed by atoms with Gasteiger partial charge in [-0.25, -0.2) is 0 Å². The van der Waals surface area contributed by atoms with Crippen LogP contribution in [0.3, 0.4) is 0 Å². The predicted octanol–water partition coefficient (Wildman–Crippen LogP) is 5.46. The average Bonchev–Trinajstić information content (AvgIpc) is 3.67. The third-order valence-corrected chi connectivity index (χ3v) is 9.99. The number of allylic oxidation sites excluding steroid dienone is 4. The van der Waals surface area contributed by atoms with Crippen molar-refractivity contribution in [3.8, 4) is 0 Å². The molecule has 184 valence electrons. The molecule has 0 saturated heterocycles. The molecule has 35 heavy (non-hydrogen) atoms. The Morgan fingerprint density at radius 3 is 2.57 bits per heavy atom. The second-order valence-electron chi connectivity index (χ2n) is 11.8. The molecule has 3 saturated carbocycles. The molecule has 2 N–H and O–H groups in total. The first kappa shape index (κ1) is 23.1. The van der Waals surface area contributed by atoms with E-state index in [2.05, 4.69) is 19.1 Å². The molecule has 5 aliphatic rings. The second-order valence-corrected chi connectivity index (χ2v) is 11.8. The number of aliphatic hydroxyl groups excluding tert-OH is 1. The van der Waals surface area contributed by atoms with Crippen LogP contribution in [0, 0.1) is 23.2 Å². The Morgan fingerprint density at radius 1 is 1.09 bits per heavy atom. The first-order valence-electron chi connectivity index (χ1n) is 13.5. The third kappa shape index (κ3) is 3.64. The minimum atomic E-state index is -0.935. The van der Waals surface area contributed by atoms with Gasteiger partial charge >= 0.3 is 0 Å². The molecule has 4 nitrogen and oxygen atoms in total. The molecular formula is C31H36O4. The van der Waals surface area contributed by atoms with Gasteiger partial charge in [-0.05, 0) is 86.0 Å². The fraction of sp³-hybridized carbons (Fsp3) is 0.548. The lowest BCUT2D eigenvalue weighted by atomic mass is 9.51. The van der Waals surface area contributed by atoms with E-state index in [0.717, 1.165) is 50.5 Å². The molecule has 0 radical (unpaired) electrons. The van der Waals surface area contributed by atoms with E-state index in [9.17, 15) is 19.8 Å². The summed E-state index contributed by atoms with van der Waals surface area (Å²) in [6.45, 7) is 2.19. The smallest absolute Gasteiger partial charge is 0.165 e. The lowest BCUT2D eigenvalue weighted by Gasteiger charge is -2.54. The van der Waals surface area contributed by atoms with Crippen molar-refractivity contribution < 1.29 is 19.8 Å². The number of benzene rings is 1. The summed E-state index contributed by atoms with van der Waals surface area (Å²) in [6, 6.07) is 8.28. The van der Waals surface area contributed by atoms with Gasteiger partial charge in [-0.3, -0.25) is 9.59 Å². The monoisotopic (exact) mass is 472 g/mol. The molecule has 3 fully saturated rings. The van der Waals surface area contributed by atoms with Crippen LogP contribution in [0.15, 0.2) is 59.2 Å². The Labute approximate surface area is 207 Å². The lowest BCUT2D eigenvalue weighted by Crippen LogP contribution is -2.50. The van der Waals surface area contributed by atoms with Crippen molar-refractivity contribution in [2.45, 2.75) is 76.2 Å². The zero-order chi connectivity index (χ0) is 24.4. The summed E-state index contributed by atoms with van der Waals surface area (Å²) in [4.78, 5) is 24.8. The number of carbonyl (C=O) groups excluding carboxylic acids is 2. The van der Waals surface area contributed by atoms with Crippen molar-refractivity contribution in [2.24, 2.45) is 23.2 Å². The van der Waals surface area contributed by atoms with Gasteiger partial charge < -0.3 is 10.2 Å². The second kappa shape index (κ2) is 8.38. The van der Waals surface area contributed by atoms with E-state index >= 15 is 0 Å². The van der Waals surface area contributed by atoms with Crippen LogP contribution in [0.1, 0.15) is 86.6 Å². The molecule has 5 atom stereocenters. The van der Waals surface area contributed by atoms with Gasteiger partial charge in [0.1, 0.15) is 0 Å². The molecule has 0 aromatic heterocycles. The molecule has 4 heteroatoms. The maximum atomic E-state index is 12.6. The van der Waals surface area contributed by atoms with Crippen molar-refractivity contribution in [3.63, 3.8) is 0 Å². The van der Waals surface area contributed by atoms with Crippen LogP contribution in [-0.2, 0) is 4.79 Å². The quantitative estimate of drug-likeness (QED) is 0.441. The fourth-order valence-corrected chi connectivity index (χ4v) is 7.98. The van der Waals surface area contributed by atoms with E-state index in [1.54, 1.807) is 6.08 Å². The molecule has 5 unspecified atom stereocenters. The van der Waals surface area contributed by atoms with Crippen molar-refractivity contribution in [1.29, 1.82) is 0 Å². The van der Waals surface area contributed by atoms with Gasteiger partial charge in [0.05, 0.1) is 12.2 Å². The maximum Gasteiger partial charge on any atom is 0.165 e. The SMILES string of the molecule is CC12CC(c3ccc(C(=O)C4CC4)cc3)C3=C4CCC(=O)C=C4CCC3C1CCC2(O)C=CCO. The van der Waals surface area contributed by atoms with Crippen LogP contribution in [-0.4, -0.2) is 34.0 Å². The molecule has 0 bridgehead atoms. The molecule has 0 heterocycles. The van der Waals surface area contributed by atoms with Gasteiger partial charge in [0.25, 0.3) is 0 Å². The highest BCUT2D eigenvalue weighted by atomic mass is 16.3. The van der Waals surface area contributed by atoms with Gasteiger partial charge in [0, 0.05) is 29.2 Å². The summed E-state index contributed by atoms with van der Waals surface area (Å²) < 4.78 is 0. The Hall–Kier alpha value is -2.30. The third-order valence-electron chi connectivity index (χ3n) is 9.99. The summed E-state index contributed by atoms with van der Waals surface area (Å²) in [5.41, 5.74) is 4.91. The zero-order valence-corrected chi connectivity index (χ0v) is 20.6. The van der Waals surface area contributed by atoms with Gasteiger partial charge in [-0.2, -0.15) is 0 Å². The molecular weight excluding hydrogens is 436 g/mol. The molecule has 6 rings (SSSR count). The number of carbonyl (C=O) groups is 2. The number of aliphatic hydroxyl groups is 2.